The maximum Gasteiger partial charge on any atom is 0.242 e. The van der Waals surface area contributed by atoms with Crippen molar-refractivity contribution in [2.75, 3.05) is 0 Å². The fraction of sp³-hybridized carbons (Fsp3) is 0.400. The van der Waals surface area contributed by atoms with Crippen molar-refractivity contribution in [3.8, 4) is 0 Å². The molecule has 1 amide bonds. The van der Waals surface area contributed by atoms with Gasteiger partial charge in [0.15, 0.2) is 14.6 Å². The average molecular weight is 372 g/mol. The molecule has 6 heteroatoms. The molecule has 1 fully saturated rings. The van der Waals surface area contributed by atoms with Crippen LogP contribution in [0.4, 0.5) is 0 Å². The second-order valence-corrected chi connectivity index (χ2v) is 9.25. The van der Waals surface area contributed by atoms with Gasteiger partial charge < -0.3 is 5.32 Å². The zero-order valence-corrected chi connectivity index (χ0v) is 16.0. The van der Waals surface area contributed by atoms with Crippen LogP contribution in [0.15, 0.2) is 47.6 Å². The van der Waals surface area contributed by atoms with Crippen molar-refractivity contribution in [1.29, 1.82) is 0 Å². The number of amides is 1. The summed E-state index contributed by atoms with van der Waals surface area (Å²) in [5.41, 5.74) is 2.79. The summed E-state index contributed by atoms with van der Waals surface area (Å²) in [6, 6.07) is 8.74. The monoisotopic (exact) mass is 372 g/mol. The van der Waals surface area contributed by atoms with Crippen molar-refractivity contribution < 1.29 is 13.2 Å². The number of aromatic nitrogens is 1. The summed E-state index contributed by atoms with van der Waals surface area (Å²) in [4.78, 5) is 17.3. The van der Waals surface area contributed by atoms with E-state index in [9.17, 15) is 13.2 Å². The Morgan fingerprint density at radius 3 is 2.50 bits per heavy atom. The summed E-state index contributed by atoms with van der Waals surface area (Å²) in [6.07, 6.45) is 5.53. The minimum Gasteiger partial charge on any atom is -0.351 e. The Hall–Kier alpha value is -2.21. The topological polar surface area (TPSA) is 76.1 Å². The number of pyridine rings is 1. The zero-order chi connectivity index (χ0) is 18.8. The molecule has 1 aromatic carbocycles. The van der Waals surface area contributed by atoms with Crippen LogP contribution in [0.25, 0.3) is 0 Å². The van der Waals surface area contributed by atoms with E-state index in [0.717, 1.165) is 29.5 Å². The Balaban J connectivity index is 1.91. The first-order valence-electron chi connectivity index (χ1n) is 8.86. The van der Waals surface area contributed by atoms with Crippen molar-refractivity contribution in [1.82, 2.24) is 10.3 Å². The SMILES string of the molecule is Cc1ccc(S(=O)(=O)C2(C(=O)NCc3cccnc3)CCCC2)cc1C. The van der Waals surface area contributed by atoms with Gasteiger partial charge in [0.2, 0.25) is 5.91 Å². The average Bonchev–Trinajstić information content (AvgIpc) is 3.14. The lowest BCUT2D eigenvalue weighted by atomic mass is 10.1. The summed E-state index contributed by atoms with van der Waals surface area (Å²) in [5, 5.41) is 2.83. The highest BCUT2D eigenvalue weighted by Gasteiger charge is 2.52. The molecule has 138 valence electrons. The van der Waals surface area contributed by atoms with Gasteiger partial charge in [-0.05, 0) is 61.6 Å². The fourth-order valence-electron chi connectivity index (χ4n) is 3.52. The molecule has 0 radical (unpaired) electrons. The third-order valence-corrected chi connectivity index (χ3v) is 7.80. The van der Waals surface area contributed by atoms with Crippen LogP contribution in [0, 0.1) is 13.8 Å². The van der Waals surface area contributed by atoms with Crippen LogP contribution in [0.2, 0.25) is 0 Å². The van der Waals surface area contributed by atoms with E-state index in [0.29, 0.717) is 12.8 Å². The predicted molar refractivity (Wildman–Crippen MR) is 100 cm³/mol. The Kier molecular flexibility index (Phi) is 5.14. The first kappa shape index (κ1) is 18.6. The lowest BCUT2D eigenvalue weighted by Gasteiger charge is -2.28. The van der Waals surface area contributed by atoms with E-state index in [4.69, 9.17) is 0 Å². The number of nitrogens with one attached hydrogen (secondary N) is 1. The van der Waals surface area contributed by atoms with Crippen molar-refractivity contribution >= 4 is 15.7 Å². The van der Waals surface area contributed by atoms with Crippen molar-refractivity contribution in [3.63, 3.8) is 0 Å². The van der Waals surface area contributed by atoms with Crippen LogP contribution in [-0.4, -0.2) is 24.1 Å². The van der Waals surface area contributed by atoms with Crippen molar-refractivity contribution in [3.05, 3.63) is 59.4 Å². The van der Waals surface area contributed by atoms with Gasteiger partial charge in [-0.15, -0.1) is 0 Å². The highest BCUT2D eigenvalue weighted by Crippen LogP contribution is 2.41. The largest absolute Gasteiger partial charge is 0.351 e. The summed E-state index contributed by atoms with van der Waals surface area (Å²) < 4.78 is 25.4. The number of carbonyl (C=O) groups excluding carboxylic acids is 1. The predicted octanol–water partition coefficient (Wildman–Crippen LogP) is 3.10. The van der Waals surface area contributed by atoms with Crippen LogP contribution in [0.1, 0.15) is 42.4 Å². The van der Waals surface area contributed by atoms with E-state index in [1.54, 1.807) is 36.7 Å². The molecule has 0 aliphatic heterocycles. The normalized spacial score (nSPS) is 16.4. The quantitative estimate of drug-likeness (QED) is 0.875. The Morgan fingerprint density at radius 1 is 1.15 bits per heavy atom. The van der Waals surface area contributed by atoms with Gasteiger partial charge >= 0.3 is 0 Å². The van der Waals surface area contributed by atoms with Gasteiger partial charge in [-0.3, -0.25) is 9.78 Å². The summed E-state index contributed by atoms with van der Waals surface area (Å²) in [5.74, 6) is -0.405. The van der Waals surface area contributed by atoms with E-state index in [1.165, 1.54) is 0 Å². The Labute approximate surface area is 154 Å². The van der Waals surface area contributed by atoms with Crippen molar-refractivity contribution in [2.45, 2.75) is 55.7 Å². The molecule has 1 heterocycles. The molecule has 0 unspecified atom stereocenters. The van der Waals surface area contributed by atoms with E-state index < -0.39 is 20.5 Å². The molecule has 3 rings (SSSR count). The standard InChI is InChI=1S/C20H24N2O3S/c1-15-7-8-18(12-16(15)2)26(24,25)20(9-3-4-10-20)19(23)22-14-17-6-5-11-21-13-17/h5-8,11-13H,3-4,9-10,14H2,1-2H3,(H,22,23). The smallest absolute Gasteiger partial charge is 0.242 e. The second kappa shape index (κ2) is 7.19. The molecule has 0 spiro atoms. The third-order valence-electron chi connectivity index (χ3n) is 5.30. The first-order chi connectivity index (χ1) is 12.4. The van der Waals surface area contributed by atoms with Gasteiger partial charge in [0.25, 0.3) is 0 Å². The third kappa shape index (κ3) is 3.26. The maximum absolute atomic E-state index is 13.4. The van der Waals surface area contributed by atoms with Crippen LogP contribution in [0.3, 0.4) is 0 Å². The van der Waals surface area contributed by atoms with Gasteiger partial charge in [0.05, 0.1) is 4.90 Å². The summed E-state index contributed by atoms with van der Waals surface area (Å²) in [7, 11) is -3.77. The molecule has 1 N–H and O–H groups in total. The second-order valence-electron chi connectivity index (χ2n) is 6.99. The van der Waals surface area contributed by atoms with Crippen LogP contribution >= 0.6 is 0 Å². The molecular formula is C20H24N2O3S. The van der Waals surface area contributed by atoms with Crippen LogP contribution in [0.5, 0.6) is 0 Å². The molecule has 0 atom stereocenters. The molecule has 5 nitrogen and oxygen atoms in total. The molecule has 1 aliphatic carbocycles. The molecule has 26 heavy (non-hydrogen) atoms. The maximum atomic E-state index is 13.4. The number of nitrogens with zero attached hydrogens (tertiary/aromatic N) is 1. The van der Waals surface area contributed by atoms with Crippen LogP contribution in [-0.2, 0) is 21.2 Å². The minimum atomic E-state index is -3.77. The summed E-state index contributed by atoms with van der Waals surface area (Å²) >= 11 is 0. The lowest BCUT2D eigenvalue weighted by Crippen LogP contribution is -2.50. The molecule has 1 saturated carbocycles. The zero-order valence-electron chi connectivity index (χ0n) is 15.2. The highest BCUT2D eigenvalue weighted by atomic mass is 32.2. The minimum absolute atomic E-state index is 0.235. The van der Waals surface area contributed by atoms with Crippen LogP contribution < -0.4 is 5.32 Å². The molecule has 1 aliphatic rings. The number of benzene rings is 1. The van der Waals surface area contributed by atoms with Crippen molar-refractivity contribution in [2.24, 2.45) is 0 Å². The molecular weight excluding hydrogens is 348 g/mol. The highest BCUT2D eigenvalue weighted by molar-refractivity contribution is 7.93. The molecule has 2 aromatic rings. The van der Waals surface area contributed by atoms with Gasteiger partial charge in [0, 0.05) is 18.9 Å². The van der Waals surface area contributed by atoms with Gasteiger partial charge in [0.1, 0.15) is 0 Å². The number of rotatable bonds is 5. The van der Waals surface area contributed by atoms with E-state index >= 15 is 0 Å². The fourth-order valence-corrected chi connectivity index (χ4v) is 5.69. The number of carbonyl (C=O) groups is 1. The molecule has 0 saturated heterocycles. The number of aryl methyl sites for hydroxylation is 2. The van der Waals surface area contributed by atoms with Gasteiger partial charge in [-0.25, -0.2) is 8.42 Å². The lowest BCUT2D eigenvalue weighted by molar-refractivity contribution is -0.123. The summed E-state index contributed by atoms with van der Waals surface area (Å²) in [6.45, 7) is 4.10. The van der Waals surface area contributed by atoms with E-state index in [2.05, 4.69) is 10.3 Å². The molecule has 1 aromatic heterocycles. The number of sulfone groups is 1. The van der Waals surface area contributed by atoms with E-state index in [1.807, 2.05) is 19.9 Å². The molecule has 0 bridgehead atoms. The number of hydrogen-bond acceptors (Lipinski definition) is 4. The van der Waals surface area contributed by atoms with Gasteiger partial charge in [-0.2, -0.15) is 0 Å². The number of hydrogen-bond donors (Lipinski definition) is 1. The van der Waals surface area contributed by atoms with Gasteiger partial charge in [-0.1, -0.05) is 25.0 Å². The Morgan fingerprint density at radius 2 is 1.88 bits per heavy atom. The van der Waals surface area contributed by atoms with E-state index in [-0.39, 0.29) is 11.4 Å². The first-order valence-corrected chi connectivity index (χ1v) is 10.3. The Bertz CT molecular complexity index is 902.